The van der Waals surface area contributed by atoms with E-state index in [-0.39, 0.29) is 0 Å². The molecule has 0 aromatic rings. The molecule has 0 radical (unpaired) electrons. The third-order valence-electron chi connectivity index (χ3n) is 6.03. The summed E-state index contributed by atoms with van der Waals surface area (Å²) in [7, 11) is 0. The Bertz CT molecular complexity index is 230. The molecule has 18 heavy (non-hydrogen) atoms. The minimum Gasteiger partial charge on any atom is -0.0651 e. The van der Waals surface area contributed by atoms with Crippen molar-refractivity contribution in [3.63, 3.8) is 0 Å². The van der Waals surface area contributed by atoms with Gasteiger partial charge in [0, 0.05) is 0 Å². The maximum Gasteiger partial charge on any atom is -0.0332 e. The molecule has 0 saturated heterocycles. The molecule has 0 aromatic carbocycles. The Hall–Kier alpha value is 0. The van der Waals surface area contributed by atoms with Crippen molar-refractivity contribution in [1.29, 1.82) is 0 Å². The second kappa shape index (κ2) is 6.96. The number of hydrogen-bond acceptors (Lipinski definition) is 0. The van der Waals surface area contributed by atoms with Gasteiger partial charge >= 0.3 is 0 Å². The summed E-state index contributed by atoms with van der Waals surface area (Å²) in [6.07, 6.45) is 5.61. The Morgan fingerprint density at radius 3 is 1.83 bits per heavy atom. The van der Waals surface area contributed by atoms with Crippen LogP contribution >= 0.6 is 0 Å². The quantitative estimate of drug-likeness (QED) is 0.537. The lowest BCUT2D eigenvalue weighted by Gasteiger charge is -2.38. The van der Waals surface area contributed by atoms with Crippen molar-refractivity contribution in [3.05, 3.63) is 0 Å². The van der Waals surface area contributed by atoms with Gasteiger partial charge in [-0.3, -0.25) is 0 Å². The van der Waals surface area contributed by atoms with Crippen LogP contribution in [0.2, 0.25) is 0 Å². The van der Waals surface area contributed by atoms with Crippen molar-refractivity contribution in [3.8, 4) is 0 Å². The summed E-state index contributed by atoms with van der Waals surface area (Å²) < 4.78 is 0. The van der Waals surface area contributed by atoms with Crippen LogP contribution < -0.4 is 0 Å². The normalized spacial score (nSPS) is 42.0. The highest BCUT2D eigenvalue weighted by molar-refractivity contribution is 4.90. The third kappa shape index (κ3) is 3.11. The summed E-state index contributed by atoms with van der Waals surface area (Å²) in [5.74, 6) is 6.51. The van der Waals surface area contributed by atoms with Gasteiger partial charge in [0.1, 0.15) is 0 Å². The molecule has 0 N–H and O–H groups in total. The molecule has 1 fully saturated rings. The zero-order chi connectivity index (χ0) is 13.9. The molecule has 0 aromatic heterocycles. The van der Waals surface area contributed by atoms with E-state index in [9.17, 15) is 0 Å². The second-order valence-electron chi connectivity index (χ2n) is 7.21. The average molecular weight is 252 g/mol. The van der Waals surface area contributed by atoms with E-state index in [2.05, 4.69) is 48.5 Å². The van der Waals surface area contributed by atoms with Gasteiger partial charge in [-0.2, -0.15) is 0 Å². The summed E-state index contributed by atoms with van der Waals surface area (Å²) in [5, 5.41) is 0. The lowest BCUT2D eigenvalue weighted by molar-refractivity contribution is 0.110. The number of rotatable bonds is 4. The fourth-order valence-electron chi connectivity index (χ4n) is 5.24. The fraction of sp³-hybridized carbons (Fsp3) is 1.00. The second-order valence-corrected chi connectivity index (χ2v) is 7.21. The highest BCUT2D eigenvalue weighted by atomic mass is 14.5. The van der Waals surface area contributed by atoms with Gasteiger partial charge in [0.2, 0.25) is 0 Å². The first-order chi connectivity index (χ1) is 8.47. The third-order valence-corrected chi connectivity index (χ3v) is 6.03. The Balaban J connectivity index is 3.06. The van der Waals surface area contributed by atoms with E-state index in [0.29, 0.717) is 0 Å². The summed E-state index contributed by atoms with van der Waals surface area (Å²) in [6, 6.07) is 0. The van der Waals surface area contributed by atoms with Crippen molar-refractivity contribution >= 4 is 0 Å². The van der Waals surface area contributed by atoms with E-state index < -0.39 is 0 Å². The van der Waals surface area contributed by atoms with Crippen LogP contribution in [0.4, 0.5) is 0 Å². The molecular formula is C18H36. The van der Waals surface area contributed by atoms with E-state index in [4.69, 9.17) is 0 Å². The molecule has 0 aliphatic heterocycles. The van der Waals surface area contributed by atoms with Gasteiger partial charge in [-0.15, -0.1) is 0 Å². The zero-order valence-electron chi connectivity index (χ0n) is 13.9. The molecule has 0 nitrogen and oxygen atoms in total. The van der Waals surface area contributed by atoms with Gasteiger partial charge in [0.05, 0.1) is 0 Å². The zero-order valence-corrected chi connectivity index (χ0v) is 13.9. The summed E-state index contributed by atoms with van der Waals surface area (Å²) in [5.41, 5.74) is 0. The Labute approximate surface area is 116 Å². The predicted octanol–water partition coefficient (Wildman–Crippen LogP) is 6.01. The Kier molecular flexibility index (Phi) is 6.21. The van der Waals surface area contributed by atoms with Crippen LogP contribution in [0.1, 0.15) is 74.1 Å². The molecule has 108 valence electrons. The molecule has 1 aliphatic carbocycles. The van der Waals surface area contributed by atoms with Crippen LogP contribution in [-0.4, -0.2) is 0 Å². The molecule has 1 saturated carbocycles. The van der Waals surface area contributed by atoms with Crippen LogP contribution in [-0.2, 0) is 0 Å². The van der Waals surface area contributed by atoms with Gasteiger partial charge < -0.3 is 0 Å². The Morgan fingerprint density at radius 2 is 1.44 bits per heavy atom. The lowest BCUT2D eigenvalue weighted by Crippen LogP contribution is -2.31. The topological polar surface area (TPSA) is 0 Å². The van der Waals surface area contributed by atoms with Crippen LogP contribution in [0, 0.1) is 41.4 Å². The van der Waals surface area contributed by atoms with Crippen molar-refractivity contribution in [2.45, 2.75) is 74.1 Å². The van der Waals surface area contributed by atoms with E-state index in [1.165, 1.54) is 25.7 Å². The fourth-order valence-corrected chi connectivity index (χ4v) is 5.24. The van der Waals surface area contributed by atoms with Crippen LogP contribution in [0.5, 0.6) is 0 Å². The SMILES string of the molecule is CCC1CC(C)C(CC)C(C)C(CC)C1C(C)C. The molecule has 1 aliphatic rings. The molecule has 0 bridgehead atoms. The van der Waals surface area contributed by atoms with E-state index in [0.717, 1.165) is 41.4 Å². The standard InChI is InChI=1S/C18H36/c1-8-15-11-13(6)16(9-2)14(7)17(10-3)18(15)12(4)5/h12-18H,8-11H2,1-7H3. The average Bonchev–Trinajstić information content (AvgIpc) is 2.43. The van der Waals surface area contributed by atoms with Gasteiger partial charge in [-0.25, -0.2) is 0 Å². The smallest absolute Gasteiger partial charge is 0.0332 e. The summed E-state index contributed by atoms with van der Waals surface area (Å²) in [4.78, 5) is 0. The monoisotopic (exact) mass is 252 g/mol. The first kappa shape index (κ1) is 16.1. The van der Waals surface area contributed by atoms with E-state index in [1.807, 2.05) is 0 Å². The van der Waals surface area contributed by atoms with E-state index >= 15 is 0 Å². The predicted molar refractivity (Wildman–Crippen MR) is 82.6 cm³/mol. The summed E-state index contributed by atoms with van der Waals surface area (Å²) in [6.45, 7) is 17.2. The van der Waals surface area contributed by atoms with Crippen LogP contribution in [0.15, 0.2) is 0 Å². The first-order valence-electron chi connectivity index (χ1n) is 8.47. The van der Waals surface area contributed by atoms with Crippen LogP contribution in [0.3, 0.4) is 0 Å². The molecule has 6 unspecified atom stereocenters. The van der Waals surface area contributed by atoms with Crippen molar-refractivity contribution in [1.82, 2.24) is 0 Å². The van der Waals surface area contributed by atoms with Crippen molar-refractivity contribution < 1.29 is 0 Å². The number of hydrogen-bond donors (Lipinski definition) is 0. The maximum absolute atomic E-state index is 2.55. The van der Waals surface area contributed by atoms with Gasteiger partial charge in [-0.1, -0.05) is 67.7 Å². The van der Waals surface area contributed by atoms with Crippen LogP contribution in [0.25, 0.3) is 0 Å². The van der Waals surface area contributed by atoms with Crippen molar-refractivity contribution in [2.75, 3.05) is 0 Å². The minimum atomic E-state index is 0.852. The highest BCUT2D eigenvalue weighted by Crippen LogP contribution is 2.48. The Morgan fingerprint density at radius 1 is 0.889 bits per heavy atom. The van der Waals surface area contributed by atoms with Gasteiger partial charge in [0.25, 0.3) is 0 Å². The maximum atomic E-state index is 2.55. The largest absolute Gasteiger partial charge is 0.0651 e. The molecule has 0 heterocycles. The van der Waals surface area contributed by atoms with Gasteiger partial charge in [0.15, 0.2) is 0 Å². The van der Waals surface area contributed by atoms with E-state index in [1.54, 1.807) is 0 Å². The molecule has 6 atom stereocenters. The minimum absolute atomic E-state index is 0.852. The molecule has 0 amide bonds. The lowest BCUT2D eigenvalue weighted by atomic mass is 9.68. The highest BCUT2D eigenvalue weighted by Gasteiger charge is 2.41. The molecule has 0 heteroatoms. The molecule has 1 rings (SSSR count). The summed E-state index contributed by atoms with van der Waals surface area (Å²) >= 11 is 0. The molecule has 0 spiro atoms. The first-order valence-corrected chi connectivity index (χ1v) is 8.47. The molecular weight excluding hydrogens is 216 g/mol. The van der Waals surface area contributed by atoms with Crippen molar-refractivity contribution in [2.24, 2.45) is 41.4 Å². The van der Waals surface area contributed by atoms with Gasteiger partial charge in [-0.05, 0) is 47.8 Å².